The Labute approximate surface area is 116 Å². The Balaban J connectivity index is 2.60. The van der Waals surface area contributed by atoms with Crippen LogP contribution in [0, 0.1) is 0 Å². The third-order valence-corrected chi connectivity index (χ3v) is 3.13. The molecule has 1 heterocycles. The summed E-state index contributed by atoms with van der Waals surface area (Å²) in [7, 11) is 3.29. The topological polar surface area (TPSA) is 39.1 Å². The summed E-state index contributed by atoms with van der Waals surface area (Å²) in [6, 6.07) is -0.435. The van der Waals surface area contributed by atoms with Gasteiger partial charge >= 0.3 is 12.3 Å². The van der Waals surface area contributed by atoms with Gasteiger partial charge in [-0.15, -0.1) is 0 Å². The van der Waals surface area contributed by atoms with Crippen molar-refractivity contribution in [1.29, 1.82) is 0 Å². The largest absolute Gasteiger partial charge is 0.373 e. The highest BCUT2D eigenvalue weighted by atomic mass is 79.9. The van der Waals surface area contributed by atoms with Crippen LogP contribution < -0.4 is 5.32 Å². The standard InChI is InChI=1S/C10H14BrF4N3O/c1-16-7(8-6(11)3-17-18(8)2)4-19-5-10(14,15)9(12)13/h3,7,9,16H,4-5H2,1-2H3. The second kappa shape index (κ2) is 6.67. The number of hydrogen-bond donors (Lipinski definition) is 1. The summed E-state index contributed by atoms with van der Waals surface area (Å²) in [6.45, 7) is -1.49. The van der Waals surface area contributed by atoms with Gasteiger partial charge in [-0.1, -0.05) is 0 Å². The zero-order valence-electron chi connectivity index (χ0n) is 10.3. The molecule has 0 saturated heterocycles. The first-order valence-electron chi connectivity index (χ1n) is 5.38. The van der Waals surface area contributed by atoms with Crippen LogP contribution in [0.3, 0.4) is 0 Å². The summed E-state index contributed by atoms with van der Waals surface area (Å²) in [5.74, 6) is -4.14. The predicted molar refractivity (Wildman–Crippen MR) is 64.5 cm³/mol. The zero-order chi connectivity index (χ0) is 14.6. The average molecular weight is 348 g/mol. The minimum Gasteiger partial charge on any atom is -0.373 e. The molecule has 0 aromatic carbocycles. The summed E-state index contributed by atoms with van der Waals surface area (Å²) >= 11 is 3.27. The molecular formula is C10H14BrF4N3O. The molecule has 1 unspecified atom stereocenters. The fourth-order valence-electron chi connectivity index (χ4n) is 1.49. The number of aromatic nitrogens is 2. The first kappa shape index (κ1) is 16.4. The normalized spacial score (nSPS) is 14.1. The lowest BCUT2D eigenvalue weighted by Gasteiger charge is -2.20. The third-order valence-electron chi connectivity index (χ3n) is 2.51. The van der Waals surface area contributed by atoms with E-state index in [9.17, 15) is 17.6 Å². The van der Waals surface area contributed by atoms with Crippen molar-refractivity contribution in [3.8, 4) is 0 Å². The van der Waals surface area contributed by atoms with E-state index in [1.165, 1.54) is 0 Å². The van der Waals surface area contributed by atoms with Gasteiger partial charge in [-0.3, -0.25) is 4.68 Å². The number of halogens is 5. The van der Waals surface area contributed by atoms with E-state index in [2.05, 4.69) is 26.3 Å². The van der Waals surface area contributed by atoms with Gasteiger partial charge in [0.2, 0.25) is 0 Å². The molecule has 110 valence electrons. The number of nitrogens with one attached hydrogen (secondary N) is 1. The molecule has 0 aliphatic rings. The van der Waals surface area contributed by atoms with Gasteiger partial charge in [0, 0.05) is 7.05 Å². The third kappa shape index (κ3) is 4.15. The van der Waals surface area contributed by atoms with Gasteiger partial charge in [-0.2, -0.15) is 13.9 Å². The van der Waals surface area contributed by atoms with Crippen LogP contribution in [0.5, 0.6) is 0 Å². The van der Waals surface area contributed by atoms with E-state index in [0.29, 0.717) is 10.2 Å². The van der Waals surface area contributed by atoms with E-state index in [1.807, 2.05) is 0 Å². The van der Waals surface area contributed by atoms with Crippen LogP contribution in [0.1, 0.15) is 11.7 Å². The van der Waals surface area contributed by atoms with Gasteiger partial charge in [0.05, 0.1) is 29.0 Å². The van der Waals surface area contributed by atoms with Crippen LogP contribution in [0.4, 0.5) is 17.6 Å². The fraction of sp³-hybridized carbons (Fsp3) is 0.700. The van der Waals surface area contributed by atoms with Crippen molar-refractivity contribution in [3.63, 3.8) is 0 Å². The van der Waals surface area contributed by atoms with Crippen LogP contribution in [0.25, 0.3) is 0 Å². The molecule has 0 aliphatic heterocycles. The van der Waals surface area contributed by atoms with Crippen LogP contribution in [-0.4, -0.2) is 42.4 Å². The first-order chi connectivity index (χ1) is 8.79. The predicted octanol–water partition coefficient (Wildman–Crippen LogP) is 2.36. The fourth-order valence-corrected chi connectivity index (χ4v) is 2.11. The van der Waals surface area contributed by atoms with E-state index in [1.54, 1.807) is 25.0 Å². The summed E-state index contributed by atoms with van der Waals surface area (Å²) in [5.41, 5.74) is 0.683. The SMILES string of the molecule is CNC(COCC(F)(F)C(F)F)c1c(Br)cnn1C. The van der Waals surface area contributed by atoms with Gasteiger partial charge in [0.25, 0.3) is 0 Å². The second-order valence-electron chi connectivity index (χ2n) is 3.92. The summed E-state index contributed by atoms with van der Waals surface area (Å²) < 4.78 is 56.2. The Bertz CT molecular complexity index is 394. The smallest absolute Gasteiger partial charge is 0.330 e. The second-order valence-corrected chi connectivity index (χ2v) is 4.77. The Morgan fingerprint density at radius 1 is 1.53 bits per heavy atom. The molecule has 0 amide bonds. The molecule has 0 bridgehead atoms. The Morgan fingerprint density at radius 3 is 2.58 bits per heavy atom. The Hall–Kier alpha value is -0.670. The van der Waals surface area contributed by atoms with Gasteiger partial charge in [-0.05, 0) is 23.0 Å². The number of nitrogens with zero attached hydrogens (tertiary/aromatic N) is 2. The zero-order valence-corrected chi connectivity index (χ0v) is 11.9. The molecule has 1 rings (SSSR count). The van der Waals surface area contributed by atoms with Gasteiger partial charge in [0.15, 0.2) is 0 Å². The van der Waals surface area contributed by atoms with E-state index < -0.39 is 25.0 Å². The molecular weight excluding hydrogens is 334 g/mol. The van der Waals surface area contributed by atoms with E-state index in [-0.39, 0.29) is 6.61 Å². The van der Waals surface area contributed by atoms with Crippen LogP contribution in [0.2, 0.25) is 0 Å². The van der Waals surface area contributed by atoms with Crippen LogP contribution in [-0.2, 0) is 11.8 Å². The lowest BCUT2D eigenvalue weighted by Crippen LogP contribution is -2.34. The van der Waals surface area contributed by atoms with Gasteiger partial charge < -0.3 is 10.1 Å². The van der Waals surface area contributed by atoms with Gasteiger partial charge in [0.1, 0.15) is 6.61 Å². The first-order valence-corrected chi connectivity index (χ1v) is 6.17. The number of hydrogen-bond acceptors (Lipinski definition) is 3. The average Bonchev–Trinajstić information content (AvgIpc) is 2.65. The van der Waals surface area contributed by atoms with Gasteiger partial charge in [-0.25, -0.2) is 8.78 Å². The molecule has 9 heteroatoms. The quantitative estimate of drug-likeness (QED) is 0.769. The molecule has 0 spiro atoms. The number of likely N-dealkylation sites (N-methyl/N-ethyl adjacent to an activating group) is 1. The minimum atomic E-state index is -4.14. The maximum Gasteiger partial charge on any atom is 0.330 e. The van der Waals surface area contributed by atoms with Crippen molar-refractivity contribution in [2.75, 3.05) is 20.3 Å². The van der Waals surface area contributed by atoms with Crippen LogP contribution >= 0.6 is 15.9 Å². The molecule has 19 heavy (non-hydrogen) atoms. The number of alkyl halides is 4. The lowest BCUT2D eigenvalue weighted by atomic mass is 10.2. The molecule has 1 atom stereocenters. The molecule has 0 fully saturated rings. The summed E-state index contributed by atoms with van der Waals surface area (Å²) in [6.07, 6.45) is -2.18. The Morgan fingerprint density at radius 2 is 2.16 bits per heavy atom. The molecule has 0 aliphatic carbocycles. The lowest BCUT2D eigenvalue weighted by molar-refractivity contribution is -0.167. The van der Waals surface area contributed by atoms with E-state index >= 15 is 0 Å². The number of aryl methyl sites for hydroxylation is 1. The molecule has 1 aromatic rings. The van der Waals surface area contributed by atoms with Crippen molar-refractivity contribution >= 4 is 15.9 Å². The van der Waals surface area contributed by atoms with Crippen molar-refractivity contribution in [3.05, 3.63) is 16.4 Å². The van der Waals surface area contributed by atoms with Crippen molar-refractivity contribution in [2.24, 2.45) is 7.05 Å². The number of ether oxygens (including phenoxy) is 1. The maximum absolute atomic E-state index is 12.7. The highest BCUT2D eigenvalue weighted by Gasteiger charge is 2.41. The molecule has 4 nitrogen and oxygen atoms in total. The van der Waals surface area contributed by atoms with E-state index in [4.69, 9.17) is 4.74 Å². The molecule has 1 N–H and O–H groups in total. The molecule has 0 radical (unpaired) electrons. The maximum atomic E-state index is 12.7. The number of rotatable bonds is 7. The van der Waals surface area contributed by atoms with E-state index in [0.717, 1.165) is 0 Å². The monoisotopic (exact) mass is 347 g/mol. The van der Waals surface area contributed by atoms with Crippen molar-refractivity contribution in [2.45, 2.75) is 18.4 Å². The summed E-state index contributed by atoms with van der Waals surface area (Å²) in [5, 5.41) is 6.83. The highest BCUT2D eigenvalue weighted by Crippen LogP contribution is 2.25. The highest BCUT2D eigenvalue weighted by molar-refractivity contribution is 9.10. The molecule has 1 aromatic heterocycles. The minimum absolute atomic E-state index is 0.170. The molecule has 0 saturated carbocycles. The summed E-state index contributed by atoms with van der Waals surface area (Å²) in [4.78, 5) is 0. The Kier molecular flexibility index (Phi) is 5.75. The van der Waals surface area contributed by atoms with Crippen molar-refractivity contribution in [1.82, 2.24) is 15.1 Å². The van der Waals surface area contributed by atoms with Crippen molar-refractivity contribution < 1.29 is 22.3 Å². The van der Waals surface area contributed by atoms with Crippen LogP contribution in [0.15, 0.2) is 10.7 Å².